The number of carbonyl (C=O) groups excluding carboxylic acids is 3. The normalized spacial score (nSPS) is 11.5. The number of nitrogens with one attached hydrogen (secondary N) is 1. The van der Waals surface area contributed by atoms with Gasteiger partial charge in [-0.1, -0.05) is 12.1 Å². The lowest BCUT2D eigenvalue weighted by atomic mass is 10.2. The number of primary amides is 1. The van der Waals surface area contributed by atoms with Crippen LogP contribution in [0.15, 0.2) is 29.2 Å². The Hall–Kier alpha value is -2.02. The average Bonchev–Trinajstić information content (AvgIpc) is 2.37. The van der Waals surface area contributed by atoms with E-state index in [4.69, 9.17) is 10.5 Å². The van der Waals surface area contributed by atoms with Crippen molar-refractivity contribution < 1.29 is 19.1 Å². The first-order valence-electron chi connectivity index (χ1n) is 5.40. The molecule has 0 aliphatic rings. The lowest BCUT2D eigenvalue weighted by Crippen LogP contribution is -2.42. The number of ether oxygens (including phenoxy) is 1. The molecule has 1 rings (SSSR count). The third kappa shape index (κ3) is 4.29. The molecule has 0 spiro atoms. The fourth-order valence-electron chi connectivity index (χ4n) is 1.31. The maximum Gasteiger partial charge on any atom is 0.340 e. The Morgan fingerprint density at radius 2 is 1.95 bits per heavy atom. The quantitative estimate of drug-likeness (QED) is 0.637. The molecule has 0 bridgehead atoms. The van der Waals surface area contributed by atoms with Crippen LogP contribution in [0.3, 0.4) is 0 Å². The molecule has 0 aliphatic carbocycles. The molecular formula is C12H14N2O4S. The van der Waals surface area contributed by atoms with Gasteiger partial charge in [0, 0.05) is 4.90 Å². The zero-order valence-corrected chi connectivity index (χ0v) is 11.3. The zero-order chi connectivity index (χ0) is 14.4. The van der Waals surface area contributed by atoms with E-state index in [1.165, 1.54) is 18.7 Å². The number of amides is 3. The predicted octanol–water partition coefficient (Wildman–Crippen LogP) is 1.15. The molecule has 3 amide bonds. The van der Waals surface area contributed by atoms with Crippen LogP contribution in [0.2, 0.25) is 0 Å². The Morgan fingerprint density at radius 3 is 2.53 bits per heavy atom. The van der Waals surface area contributed by atoms with E-state index in [-0.39, 0.29) is 0 Å². The molecule has 0 heterocycles. The number of rotatable bonds is 4. The molecule has 0 saturated heterocycles. The number of nitrogens with two attached hydrogens (primary N) is 1. The fraction of sp³-hybridized carbons (Fsp3) is 0.250. The van der Waals surface area contributed by atoms with Crippen LogP contribution in [0.1, 0.15) is 17.3 Å². The largest absolute Gasteiger partial charge is 0.449 e. The fourth-order valence-corrected chi connectivity index (χ4v) is 1.90. The van der Waals surface area contributed by atoms with Crippen molar-refractivity contribution in [2.75, 3.05) is 6.26 Å². The van der Waals surface area contributed by atoms with Crippen LogP contribution in [0.25, 0.3) is 0 Å². The van der Waals surface area contributed by atoms with Crippen LogP contribution >= 0.6 is 11.8 Å². The van der Waals surface area contributed by atoms with Crippen LogP contribution in [0.5, 0.6) is 0 Å². The van der Waals surface area contributed by atoms with Gasteiger partial charge in [0.15, 0.2) is 6.10 Å². The average molecular weight is 282 g/mol. The third-order valence-corrected chi connectivity index (χ3v) is 3.02. The highest BCUT2D eigenvalue weighted by atomic mass is 32.2. The van der Waals surface area contributed by atoms with Crippen molar-refractivity contribution in [3.8, 4) is 0 Å². The number of carbonyl (C=O) groups is 3. The third-order valence-electron chi connectivity index (χ3n) is 2.23. The van der Waals surface area contributed by atoms with Gasteiger partial charge in [-0.2, -0.15) is 0 Å². The van der Waals surface area contributed by atoms with Gasteiger partial charge in [-0.25, -0.2) is 9.59 Å². The number of hydrogen-bond acceptors (Lipinski definition) is 5. The maximum absolute atomic E-state index is 11.9. The predicted molar refractivity (Wildman–Crippen MR) is 70.8 cm³/mol. The summed E-state index contributed by atoms with van der Waals surface area (Å²) in [6.45, 7) is 1.36. The lowest BCUT2D eigenvalue weighted by molar-refractivity contribution is -0.127. The van der Waals surface area contributed by atoms with E-state index >= 15 is 0 Å². The molecular weight excluding hydrogens is 268 g/mol. The molecule has 0 aromatic heterocycles. The van der Waals surface area contributed by atoms with Crippen LogP contribution < -0.4 is 11.1 Å². The Morgan fingerprint density at radius 1 is 1.32 bits per heavy atom. The highest BCUT2D eigenvalue weighted by Crippen LogP contribution is 2.20. The van der Waals surface area contributed by atoms with Crippen molar-refractivity contribution in [2.45, 2.75) is 17.9 Å². The van der Waals surface area contributed by atoms with E-state index in [0.29, 0.717) is 5.56 Å². The zero-order valence-electron chi connectivity index (χ0n) is 10.5. The minimum atomic E-state index is -1.10. The van der Waals surface area contributed by atoms with Gasteiger partial charge >= 0.3 is 12.0 Å². The van der Waals surface area contributed by atoms with Crippen LogP contribution in [0, 0.1) is 0 Å². The summed E-state index contributed by atoms with van der Waals surface area (Å²) in [4.78, 5) is 34.5. The number of hydrogen-bond donors (Lipinski definition) is 2. The molecule has 19 heavy (non-hydrogen) atoms. The van der Waals surface area contributed by atoms with Crippen LogP contribution in [0.4, 0.5) is 4.79 Å². The second-order valence-electron chi connectivity index (χ2n) is 3.60. The van der Waals surface area contributed by atoms with Crippen molar-refractivity contribution in [2.24, 2.45) is 5.73 Å². The van der Waals surface area contributed by atoms with E-state index in [9.17, 15) is 14.4 Å². The van der Waals surface area contributed by atoms with Crippen molar-refractivity contribution in [3.63, 3.8) is 0 Å². The van der Waals surface area contributed by atoms with Crippen LogP contribution in [-0.4, -0.2) is 30.3 Å². The molecule has 0 saturated carbocycles. The van der Waals surface area contributed by atoms with Gasteiger partial charge in [0.1, 0.15) is 0 Å². The van der Waals surface area contributed by atoms with E-state index in [1.807, 2.05) is 11.6 Å². The molecule has 1 aromatic rings. The molecule has 7 heteroatoms. The second-order valence-corrected chi connectivity index (χ2v) is 4.45. The summed E-state index contributed by atoms with van der Waals surface area (Å²) in [5.74, 6) is -1.39. The van der Waals surface area contributed by atoms with Crippen molar-refractivity contribution >= 4 is 29.7 Å². The molecule has 0 unspecified atom stereocenters. The summed E-state index contributed by atoms with van der Waals surface area (Å²) in [6, 6.07) is 5.89. The number of imide groups is 1. The van der Waals surface area contributed by atoms with Gasteiger partial charge in [-0.3, -0.25) is 10.1 Å². The van der Waals surface area contributed by atoms with Gasteiger partial charge in [0.2, 0.25) is 0 Å². The Labute approximate surface area is 114 Å². The van der Waals surface area contributed by atoms with Crippen molar-refractivity contribution in [1.82, 2.24) is 5.32 Å². The van der Waals surface area contributed by atoms with Gasteiger partial charge in [-0.05, 0) is 25.3 Å². The smallest absolute Gasteiger partial charge is 0.340 e. The van der Waals surface area contributed by atoms with Crippen molar-refractivity contribution in [3.05, 3.63) is 29.8 Å². The minimum Gasteiger partial charge on any atom is -0.449 e. The monoisotopic (exact) mass is 282 g/mol. The first kappa shape index (κ1) is 15.0. The first-order chi connectivity index (χ1) is 8.95. The summed E-state index contributed by atoms with van der Waals surface area (Å²) in [6.07, 6.45) is 0.727. The molecule has 1 atom stereocenters. The Kier molecular flexibility index (Phi) is 5.37. The highest BCUT2D eigenvalue weighted by molar-refractivity contribution is 7.98. The van der Waals surface area contributed by atoms with E-state index in [0.717, 1.165) is 4.90 Å². The number of thioether (sulfide) groups is 1. The minimum absolute atomic E-state index is 0.369. The summed E-state index contributed by atoms with van der Waals surface area (Å²) in [7, 11) is 0. The molecule has 0 aliphatic heterocycles. The SMILES string of the molecule is CSc1ccccc1C(=O)O[C@H](C)C(=O)NC(N)=O. The van der Waals surface area contributed by atoms with Gasteiger partial charge in [0.25, 0.3) is 5.91 Å². The van der Waals surface area contributed by atoms with E-state index in [2.05, 4.69) is 0 Å². The standard InChI is InChI=1S/C12H14N2O4S/c1-7(10(15)14-12(13)17)18-11(16)8-5-3-4-6-9(8)19-2/h3-7H,1-2H3,(H3,13,14,15,17)/t7-/m1/s1. The summed E-state index contributed by atoms with van der Waals surface area (Å²) in [5, 5.41) is 1.85. The number of benzene rings is 1. The summed E-state index contributed by atoms with van der Waals surface area (Å²) < 4.78 is 4.97. The molecule has 102 valence electrons. The molecule has 0 radical (unpaired) electrons. The van der Waals surface area contributed by atoms with Crippen LogP contribution in [-0.2, 0) is 9.53 Å². The second kappa shape index (κ2) is 6.79. The Balaban J connectivity index is 2.74. The Bertz CT molecular complexity index is 504. The molecule has 3 N–H and O–H groups in total. The number of esters is 1. The lowest BCUT2D eigenvalue weighted by Gasteiger charge is -2.13. The highest BCUT2D eigenvalue weighted by Gasteiger charge is 2.21. The maximum atomic E-state index is 11.9. The van der Waals surface area contributed by atoms with E-state index in [1.54, 1.807) is 24.3 Å². The topological polar surface area (TPSA) is 98.5 Å². The van der Waals surface area contributed by atoms with Crippen molar-refractivity contribution in [1.29, 1.82) is 0 Å². The molecule has 1 aromatic carbocycles. The summed E-state index contributed by atoms with van der Waals surface area (Å²) in [5.41, 5.74) is 5.17. The van der Waals surface area contributed by atoms with Gasteiger partial charge in [-0.15, -0.1) is 11.8 Å². The first-order valence-corrected chi connectivity index (χ1v) is 6.62. The van der Waals surface area contributed by atoms with E-state index < -0.39 is 24.0 Å². The van der Waals surface area contributed by atoms with Gasteiger partial charge < -0.3 is 10.5 Å². The summed E-state index contributed by atoms with van der Waals surface area (Å²) >= 11 is 1.39. The van der Waals surface area contributed by atoms with Gasteiger partial charge in [0.05, 0.1) is 5.56 Å². The number of urea groups is 1. The molecule has 6 nitrogen and oxygen atoms in total. The molecule has 0 fully saturated rings.